The molecule has 0 N–H and O–H groups in total. The number of anilines is 1. The Morgan fingerprint density at radius 2 is 1.26 bits per heavy atom. The number of ether oxygens (including phenoxy) is 1. The maximum Gasteiger partial charge on any atom is 0.120 e. The van der Waals surface area contributed by atoms with E-state index in [-0.39, 0.29) is 0 Å². The molecule has 0 aliphatic carbocycles. The molecule has 0 heterocycles. The lowest BCUT2D eigenvalue weighted by Crippen LogP contribution is -2.22. The molecular formula is C21H21NO. The molecule has 2 nitrogen and oxygen atoms in total. The molecule has 0 radical (unpaired) electrons. The minimum atomic E-state index is 0.864. The molecule has 2 heteroatoms. The number of nitrogens with zero attached hydrogens (tertiary/aromatic N) is 1. The predicted octanol–water partition coefficient (Wildman–Crippen LogP) is 4.90. The number of methoxy groups -OCH3 is 1. The summed E-state index contributed by atoms with van der Waals surface area (Å²) in [5, 5.41) is 0. The molecule has 0 amide bonds. The molecule has 0 bridgehead atoms. The standard InChI is InChI=1S/C21H21NO/c1-23-21-14-8-13-20(15-21)22(16-18-9-4-2-5-10-18)17-19-11-6-3-7-12-19/h2-15H,16-17H2,1H3. The first-order valence-corrected chi connectivity index (χ1v) is 7.82. The van der Waals surface area contributed by atoms with Crippen LogP contribution in [0.1, 0.15) is 11.1 Å². The molecule has 0 fully saturated rings. The minimum absolute atomic E-state index is 0.864. The molecule has 0 unspecified atom stereocenters. The Kier molecular flexibility index (Phi) is 4.95. The Labute approximate surface area is 138 Å². The molecule has 0 atom stereocenters. The van der Waals surface area contributed by atoms with Crippen LogP contribution >= 0.6 is 0 Å². The fourth-order valence-corrected chi connectivity index (χ4v) is 2.65. The summed E-state index contributed by atoms with van der Waals surface area (Å²) in [7, 11) is 1.71. The molecule has 116 valence electrons. The summed E-state index contributed by atoms with van der Waals surface area (Å²) in [5.74, 6) is 0.883. The highest BCUT2D eigenvalue weighted by molar-refractivity contribution is 5.51. The molecular weight excluding hydrogens is 282 g/mol. The van der Waals surface area contributed by atoms with Gasteiger partial charge >= 0.3 is 0 Å². The van der Waals surface area contributed by atoms with Gasteiger partial charge in [-0.3, -0.25) is 0 Å². The van der Waals surface area contributed by atoms with Crippen molar-refractivity contribution in [1.82, 2.24) is 0 Å². The van der Waals surface area contributed by atoms with Gasteiger partial charge in [-0.25, -0.2) is 0 Å². The Morgan fingerprint density at radius 3 is 1.78 bits per heavy atom. The quantitative estimate of drug-likeness (QED) is 0.642. The smallest absolute Gasteiger partial charge is 0.120 e. The molecule has 23 heavy (non-hydrogen) atoms. The van der Waals surface area contributed by atoms with E-state index in [0.29, 0.717) is 0 Å². The van der Waals surface area contributed by atoms with E-state index in [1.807, 2.05) is 12.1 Å². The molecule has 3 aromatic carbocycles. The summed E-state index contributed by atoms with van der Waals surface area (Å²) < 4.78 is 5.38. The lowest BCUT2D eigenvalue weighted by atomic mass is 10.1. The van der Waals surface area contributed by atoms with Crippen LogP contribution in [-0.2, 0) is 13.1 Å². The highest BCUT2D eigenvalue weighted by Crippen LogP contribution is 2.24. The van der Waals surface area contributed by atoms with Crippen LogP contribution < -0.4 is 9.64 Å². The third kappa shape index (κ3) is 4.13. The molecule has 0 spiro atoms. The van der Waals surface area contributed by atoms with Crippen LogP contribution in [0.2, 0.25) is 0 Å². The van der Waals surface area contributed by atoms with E-state index >= 15 is 0 Å². The summed E-state index contributed by atoms with van der Waals surface area (Å²) >= 11 is 0. The normalized spacial score (nSPS) is 10.3. The third-order valence-corrected chi connectivity index (χ3v) is 3.85. The van der Waals surface area contributed by atoms with E-state index < -0.39 is 0 Å². The van der Waals surface area contributed by atoms with E-state index in [9.17, 15) is 0 Å². The number of rotatable bonds is 6. The van der Waals surface area contributed by atoms with Crippen molar-refractivity contribution >= 4 is 5.69 Å². The Balaban J connectivity index is 1.88. The van der Waals surface area contributed by atoms with Gasteiger partial charge in [-0.2, -0.15) is 0 Å². The van der Waals surface area contributed by atoms with Crippen molar-refractivity contribution in [2.24, 2.45) is 0 Å². The summed E-state index contributed by atoms with van der Waals surface area (Å²) in [6.07, 6.45) is 0. The fourth-order valence-electron chi connectivity index (χ4n) is 2.65. The van der Waals surface area contributed by atoms with Crippen molar-refractivity contribution in [1.29, 1.82) is 0 Å². The largest absolute Gasteiger partial charge is 0.497 e. The number of benzene rings is 3. The monoisotopic (exact) mass is 303 g/mol. The molecule has 3 aromatic rings. The first-order chi connectivity index (χ1) is 11.3. The van der Waals surface area contributed by atoms with Crippen molar-refractivity contribution < 1.29 is 4.74 Å². The summed E-state index contributed by atoms with van der Waals surface area (Å²) in [4.78, 5) is 2.37. The maximum absolute atomic E-state index is 5.38. The minimum Gasteiger partial charge on any atom is -0.497 e. The van der Waals surface area contributed by atoms with Crippen LogP contribution in [-0.4, -0.2) is 7.11 Å². The zero-order chi connectivity index (χ0) is 15.9. The van der Waals surface area contributed by atoms with Gasteiger partial charge < -0.3 is 9.64 Å². The third-order valence-electron chi connectivity index (χ3n) is 3.85. The zero-order valence-corrected chi connectivity index (χ0v) is 13.4. The van der Waals surface area contributed by atoms with Crippen molar-refractivity contribution in [2.45, 2.75) is 13.1 Å². The van der Waals surface area contributed by atoms with Crippen molar-refractivity contribution in [2.75, 3.05) is 12.0 Å². The van der Waals surface area contributed by atoms with Crippen molar-refractivity contribution in [3.63, 3.8) is 0 Å². The second kappa shape index (κ2) is 7.50. The molecule has 0 saturated carbocycles. The molecule has 0 aliphatic rings. The van der Waals surface area contributed by atoms with Gasteiger partial charge in [0.15, 0.2) is 0 Å². The van der Waals surface area contributed by atoms with E-state index in [0.717, 1.165) is 24.5 Å². The average Bonchev–Trinajstić information content (AvgIpc) is 2.63. The highest BCUT2D eigenvalue weighted by atomic mass is 16.5. The van der Waals surface area contributed by atoms with Gasteiger partial charge in [-0.1, -0.05) is 66.7 Å². The van der Waals surface area contributed by atoms with E-state index in [2.05, 4.69) is 77.7 Å². The lowest BCUT2D eigenvalue weighted by Gasteiger charge is -2.25. The predicted molar refractivity (Wildman–Crippen MR) is 95.8 cm³/mol. The second-order valence-corrected chi connectivity index (χ2v) is 5.53. The Hall–Kier alpha value is -2.74. The van der Waals surface area contributed by atoms with Crippen molar-refractivity contribution in [3.05, 3.63) is 96.1 Å². The second-order valence-electron chi connectivity index (χ2n) is 5.53. The number of hydrogen-bond donors (Lipinski definition) is 0. The molecule has 0 saturated heterocycles. The van der Waals surface area contributed by atoms with E-state index in [1.54, 1.807) is 7.11 Å². The Bertz CT molecular complexity index is 684. The molecule has 0 aliphatic heterocycles. The molecule has 3 rings (SSSR count). The highest BCUT2D eigenvalue weighted by Gasteiger charge is 2.09. The van der Waals surface area contributed by atoms with Crippen LogP contribution in [0, 0.1) is 0 Å². The van der Waals surface area contributed by atoms with Gasteiger partial charge in [-0.05, 0) is 23.3 Å². The fraction of sp³-hybridized carbons (Fsp3) is 0.143. The van der Waals surface area contributed by atoms with E-state index in [4.69, 9.17) is 4.74 Å². The lowest BCUT2D eigenvalue weighted by molar-refractivity contribution is 0.414. The zero-order valence-electron chi connectivity index (χ0n) is 13.4. The SMILES string of the molecule is COc1cccc(N(Cc2ccccc2)Cc2ccccc2)c1. The van der Waals surface area contributed by atoms with Gasteiger partial charge in [-0.15, -0.1) is 0 Å². The van der Waals surface area contributed by atoms with Gasteiger partial charge in [0, 0.05) is 24.8 Å². The van der Waals surface area contributed by atoms with Crippen molar-refractivity contribution in [3.8, 4) is 5.75 Å². The first kappa shape index (κ1) is 15.2. The van der Waals surface area contributed by atoms with Gasteiger partial charge in [0.1, 0.15) is 5.75 Å². The van der Waals surface area contributed by atoms with Crippen LogP contribution in [0.3, 0.4) is 0 Å². The summed E-state index contributed by atoms with van der Waals surface area (Å²) in [5.41, 5.74) is 3.76. The van der Waals surface area contributed by atoms with Crippen LogP contribution in [0.5, 0.6) is 5.75 Å². The van der Waals surface area contributed by atoms with Crippen LogP contribution in [0.25, 0.3) is 0 Å². The average molecular weight is 303 g/mol. The summed E-state index contributed by atoms with van der Waals surface area (Å²) in [6, 6.07) is 29.3. The summed E-state index contributed by atoms with van der Waals surface area (Å²) in [6.45, 7) is 1.73. The van der Waals surface area contributed by atoms with Crippen LogP contribution in [0.15, 0.2) is 84.9 Å². The van der Waals surface area contributed by atoms with Crippen LogP contribution in [0.4, 0.5) is 5.69 Å². The van der Waals surface area contributed by atoms with E-state index in [1.165, 1.54) is 11.1 Å². The van der Waals surface area contributed by atoms with Gasteiger partial charge in [0.2, 0.25) is 0 Å². The number of hydrogen-bond acceptors (Lipinski definition) is 2. The van der Waals surface area contributed by atoms with Gasteiger partial charge in [0.25, 0.3) is 0 Å². The molecule has 0 aromatic heterocycles. The Morgan fingerprint density at radius 1 is 0.696 bits per heavy atom. The van der Waals surface area contributed by atoms with Gasteiger partial charge in [0.05, 0.1) is 7.11 Å². The first-order valence-electron chi connectivity index (χ1n) is 7.82. The topological polar surface area (TPSA) is 12.5 Å². The maximum atomic E-state index is 5.38.